The molecule has 6 nitrogen and oxygen atoms in total. The number of esters is 1. The average Bonchev–Trinajstić information content (AvgIpc) is 2.73. The molecule has 0 aliphatic heterocycles. The van der Waals surface area contributed by atoms with E-state index in [4.69, 9.17) is 32.7 Å². The fourth-order valence-electron chi connectivity index (χ4n) is 2.82. The largest absolute Gasteiger partial charge is 0.484 e. The zero-order chi connectivity index (χ0) is 23.1. The number of nitrogens with zero attached hydrogens (tertiary/aromatic N) is 1. The molecule has 0 aliphatic carbocycles. The summed E-state index contributed by atoms with van der Waals surface area (Å²) in [7, 11) is 0. The number of hydrazone groups is 1. The molecule has 1 N–H and O–H groups in total. The highest BCUT2D eigenvalue weighted by Gasteiger charge is 2.13. The molecule has 0 radical (unpaired) electrons. The molecule has 0 aliphatic rings. The smallest absolute Gasteiger partial charge is 0.345 e. The van der Waals surface area contributed by atoms with Crippen molar-refractivity contribution in [2.75, 3.05) is 6.61 Å². The number of carbonyl (C=O) groups is 2. The maximum absolute atomic E-state index is 12.2. The van der Waals surface area contributed by atoms with Gasteiger partial charge >= 0.3 is 5.97 Å². The molecule has 1 amide bonds. The minimum atomic E-state index is -0.593. The van der Waals surface area contributed by atoms with Gasteiger partial charge in [0.25, 0.3) is 5.91 Å². The first kappa shape index (κ1) is 23.3. The fourth-order valence-corrected chi connectivity index (χ4v) is 3.30. The van der Waals surface area contributed by atoms with Crippen LogP contribution in [0.4, 0.5) is 0 Å². The third kappa shape index (κ3) is 6.83. The van der Waals surface area contributed by atoms with Crippen molar-refractivity contribution in [2.45, 2.75) is 13.8 Å². The lowest BCUT2D eigenvalue weighted by Gasteiger charge is -2.07. The predicted molar refractivity (Wildman–Crippen MR) is 125 cm³/mol. The summed E-state index contributed by atoms with van der Waals surface area (Å²) in [5, 5.41) is 4.55. The number of hydrogen-bond donors (Lipinski definition) is 1. The highest BCUT2D eigenvalue weighted by Crippen LogP contribution is 2.23. The van der Waals surface area contributed by atoms with Gasteiger partial charge < -0.3 is 9.47 Å². The van der Waals surface area contributed by atoms with Crippen molar-refractivity contribution in [3.8, 4) is 11.5 Å². The number of benzene rings is 3. The number of halogens is 2. The third-order valence-electron chi connectivity index (χ3n) is 4.21. The van der Waals surface area contributed by atoms with Gasteiger partial charge in [-0.1, -0.05) is 29.3 Å². The molecule has 0 atom stereocenters. The van der Waals surface area contributed by atoms with E-state index in [1.807, 2.05) is 32.0 Å². The average molecular weight is 471 g/mol. The summed E-state index contributed by atoms with van der Waals surface area (Å²) >= 11 is 11.9. The Morgan fingerprint density at radius 1 is 0.938 bits per heavy atom. The lowest BCUT2D eigenvalue weighted by atomic mass is 10.1. The van der Waals surface area contributed by atoms with Gasteiger partial charge in [0.15, 0.2) is 6.61 Å². The Balaban J connectivity index is 1.49. The Kier molecular flexibility index (Phi) is 7.87. The van der Waals surface area contributed by atoms with Crippen molar-refractivity contribution in [3.63, 3.8) is 0 Å². The molecular formula is C24H20Cl2N2O4. The molecule has 0 unspecified atom stereocenters. The van der Waals surface area contributed by atoms with Crippen molar-refractivity contribution >= 4 is 41.3 Å². The Morgan fingerprint density at radius 3 is 2.28 bits per heavy atom. The van der Waals surface area contributed by atoms with Crippen LogP contribution in [0.25, 0.3) is 0 Å². The fraction of sp³-hybridized carbons (Fsp3) is 0.125. The van der Waals surface area contributed by atoms with Gasteiger partial charge in [-0.05, 0) is 85.1 Å². The van der Waals surface area contributed by atoms with Crippen molar-refractivity contribution in [1.82, 2.24) is 5.43 Å². The molecule has 3 aromatic carbocycles. The van der Waals surface area contributed by atoms with Crippen LogP contribution in [-0.2, 0) is 4.79 Å². The Morgan fingerprint density at radius 2 is 1.62 bits per heavy atom. The molecule has 0 aromatic heterocycles. The topological polar surface area (TPSA) is 77.0 Å². The summed E-state index contributed by atoms with van der Waals surface area (Å²) in [4.78, 5) is 24.2. The van der Waals surface area contributed by atoms with Crippen LogP contribution < -0.4 is 14.9 Å². The molecule has 0 heterocycles. The van der Waals surface area contributed by atoms with Crippen LogP contribution in [0.1, 0.15) is 27.0 Å². The first-order valence-corrected chi connectivity index (χ1v) is 10.4. The number of amides is 1. The van der Waals surface area contributed by atoms with Gasteiger partial charge in [-0.2, -0.15) is 5.10 Å². The standard InChI is InChI=1S/C24H20Cl2N2O4/c1-15-9-16(2)11-20(10-15)31-14-23(29)28-27-13-17-3-6-19(7-4-17)32-24(30)21-8-5-18(25)12-22(21)26/h3-13H,14H2,1-2H3,(H,28,29)/b27-13+. The SMILES string of the molecule is Cc1cc(C)cc(OCC(=O)N/N=C/c2ccc(OC(=O)c3ccc(Cl)cc3Cl)cc2)c1. The van der Waals surface area contributed by atoms with Crippen molar-refractivity contribution in [3.05, 3.63) is 93.0 Å². The van der Waals surface area contributed by atoms with Crippen molar-refractivity contribution < 1.29 is 19.1 Å². The molecule has 0 spiro atoms. The first-order valence-electron chi connectivity index (χ1n) is 9.60. The normalized spacial score (nSPS) is 10.8. The monoisotopic (exact) mass is 470 g/mol. The van der Waals surface area contributed by atoms with E-state index in [-0.39, 0.29) is 23.1 Å². The Labute approximate surface area is 195 Å². The molecule has 32 heavy (non-hydrogen) atoms. The van der Waals surface area contributed by atoms with Crippen LogP contribution in [0.15, 0.2) is 65.8 Å². The van der Waals surface area contributed by atoms with E-state index in [1.54, 1.807) is 30.3 Å². The second kappa shape index (κ2) is 10.8. The molecule has 0 fully saturated rings. The number of carbonyl (C=O) groups excluding carboxylic acids is 2. The van der Waals surface area contributed by atoms with Crippen LogP contribution in [-0.4, -0.2) is 24.7 Å². The Bertz CT molecular complexity index is 1140. The van der Waals surface area contributed by atoms with E-state index >= 15 is 0 Å². The first-order chi connectivity index (χ1) is 15.3. The summed E-state index contributed by atoms with van der Waals surface area (Å²) in [5.74, 6) is -0.00865. The van der Waals surface area contributed by atoms with Crippen molar-refractivity contribution in [1.29, 1.82) is 0 Å². The van der Waals surface area contributed by atoms with E-state index < -0.39 is 5.97 Å². The molecule has 0 bridgehead atoms. The summed E-state index contributed by atoms with van der Waals surface area (Å²) < 4.78 is 10.8. The van der Waals surface area contributed by atoms with Crippen molar-refractivity contribution in [2.24, 2.45) is 5.10 Å². The molecular weight excluding hydrogens is 451 g/mol. The molecule has 0 saturated heterocycles. The van der Waals surface area contributed by atoms with Gasteiger partial charge in [-0.3, -0.25) is 4.79 Å². The molecule has 3 rings (SSSR count). The quantitative estimate of drug-likeness (QED) is 0.218. The Hall–Kier alpha value is -3.35. The third-order valence-corrected chi connectivity index (χ3v) is 4.76. The summed E-state index contributed by atoms with van der Waals surface area (Å²) in [6, 6.07) is 16.9. The molecule has 8 heteroatoms. The van der Waals surface area contributed by atoms with Gasteiger partial charge in [0.05, 0.1) is 16.8 Å². The van der Waals surface area contributed by atoms with Gasteiger partial charge in [-0.25, -0.2) is 10.2 Å². The lowest BCUT2D eigenvalue weighted by Crippen LogP contribution is -2.24. The molecule has 0 saturated carbocycles. The highest BCUT2D eigenvalue weighted by atomic mass is 35.5. The number of aryl methyl sites for hydroxylation is 2. The van der Waals surface area contributed by atoms with Gasteiger partial charge in [0, 0.05) is 5.02 Å². The summed E-state index contributed by atoms with van der Waals surface area (Å²) in [5.41, 5.74) is 5.44. The second-order valence-electron chi connectivity index (χ2n) is 6.99. The zero-order valence-corrected chi connectivity index (χ0v) is 18.9. The molecule has 164 valence electrons. The maximum atomic E-state index is 12.2. The van der Waals surface area contributed by atoms with E-state index in [0.717, 1.165) is 11.1 Å². The van der Waals surface area contributed by atoms with E-state index in [1.165, 1.54) is 18.3 Å². The van der Waals surface area contributed by atoms with Gasteiger partial charge in [0.2, 0.25) is 0 Å². The highest BCUT2D eigenvalue weighted by molar-refractivity contribution is 6.36. The summed E-state index contributed by atoms with van der Waals surface area (Å²) in [6.45, 7) is 3.77. The predicted octanol–water partition coefficient (Wildman–Crippen LogP) is 5.36. The van der Waals surface area contributed by atoms with E-state index in [0.29, 0.717) is 22.1 Å². The summed E-state index contributed by atoms with van der Waals surface area (Å²) in [6.07, 6.45) is 1.47. The zero-order valence-electron chi connectivity index (χ0n) is 17.4. The van der Waals surface area contributed by atoms with Crippen LogP contribution in [0.3, 0.4) is 0 Å². The number of hydrogen-bond acceptors (Lipinski definition) is 5. The van der Waals surface area contributed by atoms with E-state index in [2.05, 4.69) is 10.5 Å². The number of rotatable bonds is 7. The van der Waals surface area contributed by atoms with Crippen LogP contribution in [0, 0.1) is 13.8 Å². The molecule has 3 aromatic rings. The van der Waals surface area contributed by atoms with Gasteiger partial charge in [-0.15, -0.1) is 0 Å². The van der Waals surface area contributed by atoms with Crippen LogP contribution in [0.2, 0.25) is 10.0 Å². The van der Waals surface area contributed by atoms with E-state index in [9.17, 15) is 9.59 Å². The van der Waals surface area contributed by atoms with Crippen LogP contribution >= 0.6 is 23.2 Å². The second-order valence-corrected chi connectivity index (χ2v) is 7.83. The number of nitrogens with one attached hydrogen (secondary N) is 1. The minimum absolute atomic E-state index is 0.150. The maximum Gasteiger partial charge on any atom is 0.345 e. The van der Waals surface area contributed by atoms with Crippen LogP contribution in [0.5, 0.6) is 11.5 Å². The van der Waals surface area contributed by atoms with Gasteiger partial charge in [0.1, 0.15) is 11.5 Å². The number of ether oxygens (including phenoxy) is 2. The minimum Gasteiger partial charge on any atom is -0.484 e. The lowest BCUT2D eigenvalue weighted by molar-refractivity contribution is -0.123.